The van der Waals surface area contributed by atoms with Gasteiger partial charge >= 0.3 is 0 Å². The molecule has 6 nitrogen and oxygen atoms in total. The van der Waals surface area contributed by atoms with Gasteiger partial charge in [-0.2, -0.15) is 0 Å². The Morgan fingerprint density at radius 3 is 2.76 bits per heavy atom. The molecule has 2 aromatic rings. The second-order valence-corrected chi connectivity index (χ2v) is 11.0. The summed E-state index contributed by atoms with van der Waals surface area (Å²) in [6.45, 7) is 1.94. The lowest BCUT2D eigenvalue weighted by Gasteiger charge is -2.65. The number of nitrogens with one attached hydrogen (secondary N) is 1. The van der Waals surface area contributed by atoms with E-state index in [9.17, 15) is 14.7 Å². The molecule has 6 heteroatoms. The summed E-state index contributed by atoms with van der Waals surface area (Å²) in [4.78, 5) is 29.5. The second-order valence-electron chi connectivity index (χ2n) is 11.0. The van der Waals surface area contributed by atoms with Crippen LogP contribution in [0.4, 0.5) is 0 Å². The quantitative estimate of drug-likeness (QED) is 0.721. The van der Waals surface area contributed by atoms with Crippen LogP contribution in [0.5, 0.6) is 11.5 Å². The number of amides is 1. The number of hydrogen-bond donors (Lipinski definition) is 2. The second kappa shape index (κ2) is 7.08. The highest BCUT2D eigenvalue weighted by Crippen LogP contribution is 2.65. The number of carbonyl (C=O) groups excluding carboxylic acids is 2. The first kappa shape index (κ1) is 20.5. The Hall–Kier alpha value is -2.86. The molecule has 2 aromatic carbocycles. The maximum absolute atomic E-state index is 13.6. The summed E-state index contributed by atoms with van der Waals surface area (Å²) >= 11 is 0. The normalized spacial score (nSPS) is 33.2. The number of ether oxygens (including phenoxy) is 1. The molecule has 5 aliphatic rings. The average molecular weight is 459 g/mol. The van der Waals surface area contributed by atoms with Crippen LogP contribution in [0.15, 0.2) is 42.5 Å². The number of Topliss-reactive ketones (excluding diaryl/α,β-unsaturated/α-hetero) is 1. The van der Waals surface area contributed by atoms with Crippen LogP contribution in [0.1, 0.15) is 48.8 Å². The van der Waals surface area contributed by atoms with Crippen molar-refractivity contribution in [3.05, 3.63) is 59.2 Å². The van der Waals surface area contributed by atoms with Gasteiger partial charge in [-0.1, -0.05) is 36.4 Å². The standard InChI is InChI=1S/C28H30N2O4/c31-20-9-8-19-15-22-28(29-23(33)14-17-4-2-1-3-5-17)11-10-21(32)26-27(28,24(19)25(20)34-26)12-13-30(22)16-18-6-7-18/h1-5,8-9,18,22,26,31H,6-7,10-16H2,(H,29,33)/t22-,26-,27+,28-/m1/s1. The van der Waals surface area contributed by atoms with Gasteiger partial charge in [0.15, 0.2) is 23.4 Å². The molecule has 4 atom stereocenters. The molecule has 3 fully saturated rings. The molecule has 0 unspecified atom stereocenters. The zero-order valence-corrected chi connectivity index (χ0v) is 19.3. The third kappa shape index (κ3) is 2.66. The van der Waals surface area contributed by atoms with E-state index in [4.69, 9.17) is 4.74 Å². The van der Waals surface area contributed by atoms with Crippen LogP contribution in [-0.2, 0) is 27.8 Å². The Balaban J connectivity index is 1.37. The Labute approximate surface area is 199 Å². The lowest BCUT2D eigenvalue weighted by molar-refractivity contribution is -0.150. The molecule has 2 N–H and O–H groups in total. The van der Waals surface area contributed by atoms with Gasteiger partial charge < -0.3 is 15.2 Å². The number of likely N-dealkylation sites (tertiary alicyclic amines) is 1. The fourth-order valence-corrected chi connectivity index (χ4v) is 7.64. The van der Waals surface area contributed by atoms with Crippen LogP contribution in [0, 0.1) is 5.92 Å². The number of carbonyl (C=O) groups is 2. The number of hydrogen-bond acceptors (Lipinski definition) is 5. The highest BCUT2D eigenvalue weighted by Gasteiger charge is 2.73. The number of ketones is 1. The van der Waals surface area contributed by atoms with E-state index in [0.29, 0.717) is 25.0 Å². The Kier molecular flexibility index (Phi) is 4.27. The first-order chi connectivity index (χ1) is 16.5. The van der Waals surface area contributed by atoms with Crippen molar-refractivity contribution in [2.24, 2.45) is 5.92 Å². The van der Waals surface area contributed by atoms with Gasteiger partial charge in [-0.05, 0) is 61.8 Å². The van der Waals surface area contributed by atoms with Crippen molar-refractivity contribution in [1.29, 1.82) is 0 Å². The Morgan fingerprint density at radius 2 is 1.97 bits per heavy atom. The monoisotopic (exact) mass is 458 g/mol. The van der Waals surface area contributed by atoms with Crippen molar-refractivity contribution in [2.75, 3.05) is 13.1 Å². The van der Waals surface area contributed by atoms with Crippen LogP contribution < -0.4 is 10.1 Å². The molecule has 0 aromatic heterocycles. The number of phenols is 1. The fourth-order valence-electron chi connectivity index (χ4n) is 7.64. The number of aromatic hydroxyl groups is 1. The summed E-state index contributed by atoms with van der Waals surface area (Å²) in [5, 5.41) is 14.2. The average Bonchev–Trinajstić information content (AvgIpc) is 3.57. The molecule has 3 aliphatic carbocycles. The lowest BCUT2D eigenvalue weighted by atomic mass is 9.47. The summed E-state index contributed by atoms with van der Waals surface area (Å²) in [6, 6.07) is 13.7. The lowest BCUT2D eigenvalue weighted by Crippen LogP contribution is -2.82. The highest BCUT2D eigenvalue weighted by molar-refractivity contribution is 5.91. The van der Waals surface area contributed by atoms with Gasteiger partial charge in [0.25, 0.3) is 0 Å². The van der Waals surface area contributed by atoms with Crippen molar-refractivity contribution in [3.63, 3.8) is 0 Å². The van der Waals surface area contributed by atoms with Crippen LogP contribution >= 0.6 is 0 Å². The van der Waals surface area contributed by atoms with E-state index >= 15 is 0 Å². The van der Waals surface area contributed by atoms with E-state index in [-0.39, 0.29) is 23.5 Å². The number of nitrogens with zero attached hydrogens (tertiary/aromatic N) is 1. The first-order valence-electron chi connectivity index (χ1n) is 12.7. The zero-order chi connectivity index (χ0) is 23.1. The van der Waals surface area contributed by atoms with Gasteiger partial charge in [0.1, 0.15) is 0 Å². The Morgan fingerprint density at radius 1 is 1.15 bits per heavy atom. The van der Waals surface area contributed by atoms with Crippen molar-refractivity contribution in [1.82, 2.24) is 10.2 Å². The summed E-state index contributed by atoms with van der Waals surface area (Å²) in [6.07, 6.45) is 4.78. The van der Waals surface area contributed by atoms with Crippen LogP contribution in [-0.4, -0.2) is 52.5 Å². The minimum atomic E-state index is -0.647. The van der Waals surface area contributed by atoms with E-state index in [0.717, 1.165) is 48.5 Å². The van der Waals surface area contributed by atoms with Crippen molar-refractivity contribution in [3.8, 4) is 11.5 Å². The minimum absolute atomic E-state index is 0.00556. The molecule has 1 saturated heterocycles. The largest absolute Gasteiger partial charge is 0.504 e. The predicted molar refractivity (Wildman–Crippen MR) is 126 cm³/mol. The molecule has 7 rings (SSSR count). The van der Waals surface area contributed by atoms with Gasteiger partial charge in [-0.25, -0.2) is 0 Å². The first-order valence-corrected chi connectivity index (χ1v) is 12.7. The maximum atomic E-state index is 13.6. The Bertz CT molecular complexity index is 1190. The summed E-state index contributed by atoms with van der Waals surface area (Å²) < 4.78 is 6.31. The maximum Gasteiger partial charge on any atom is 0.224 e. The topological polar surface area (TPSA) is 78.9 Å². The molecule has 0 radical (unpaired) electrons. The van der Waals surface area contributed by atoms with E-state index < -0.39 is 17.1 Å². The molecule has 2 saturated carbocycles. The predicted octanol–water partition coefficient (Wildman–Crippen LogP) is 2.89. The molecule has 34 heavy (non-hydrogen) atoms. The smallest absolute Gasteiger partial charge is 0.224 e. The van der Waals surface area contributed by atoms with Gasteiger partial charge in [0.2, 0.25) is 5.91 Å². The number of piperidine rings is 1. The SMILES string of the molecule is O=C(Cc1ccccc1)N[C@@]12CCC(=O)[C@H]3Oc4c(O)ccc5c4[C@@]31CCN(CC1CC1)[C@@H]2C5. The van der Waals surface area contributed by atoms with Gasteiger partial charge in [-0.15, -0.1) is 0 Å². The van der Waals surface area contributed by atoms with E-state index in [1.165, 1.54) is 12.8 Å². The van der Waals surface area contributed by atoms with Gasteiger partial charge in [-0.3, -0.25) is 14.5 Å². The summed E-state index contributed by atoms with van der Waals surface area (Å²) in [5.74, 6) is 1.38. The molecule has 176 valence electrons. The summed E-state index contributed by atoms with van der Waals surface area (Å²) in [5.41, 5.74) is 1.91. The number of phenolic OH excluding ortho intramolecular Hbond substituents is 1. The van der Waals surface area contributed by atoms with E-state index in [2.05, 4.69) is 10.2 Å². The number of benzene rings is 2. The summed E-state index contributed by atoms with van der Waals surface area (Å²) in [7, 11) is 0. The molecule has 1 amide bonds. The van der Waals surface area contributed by atoms with Crippen molar-refractivity contribution >= 4 is 11.7 Å². The molecule has 1 spiro atoms. The zero-order valence-electron chi connectivity index (χ0n) is 19.3. The van der Waals surface area contributed by atoms with Gasteiger partial charge in [0.05, 0.1) is 17.4 Å². The molecular formula is C28H30N2O4. The minimum Gasteiger partial charge on any atom is -0.504 e. The number of rotatable bonds is 5. The van der Waals surface area contributed by atoms with E-state index in [1.807, 2.05) is 36.4 Å². The van der Waals surface area contributed by atoms with E-state index in [1.54, 1.807) is 6.07 Å². The third-order valence-electron chi connectivity index (χ3n) is 9.18. The molecule has 2 aliphatic heterocycles. The molecular weight excluding hydrogens is 428 g/mol. The van der Waals surface area contributed by atoms with Crippen molar-refractivity contribution < 1.29 is 19.4 Å². The van der Waals surface area contributed by atoms with Crippen molar-refractivity contribution in [2.45, 2.75) is 68.0 Å². The molecule has 2 bridgehead atoms. The van der Waals surface area contributed by atoms with Crippen LogP contribution in [0.25, 0.3) is 0 Å². The fraction of sp³-hybridized carbons (Fsp3) is 0.500. The third-order valence-corrected chi connectivity index (χ3v) is 9.18. The highest BCUT2D eigenvalue weighted by atomic mass is 16.5. The van der Waals surface area contributed by atoms with Crippen LogP contribution in [0.2, 0.25) is 0 Å². The van der Waals surface area contributed by atoms with Gasteiger partial charge in [0, 0.05) is 24.6 Å². The van der Waals surface area contributed by atoms with Crippen LogP contribution in [0.3, 0.4) is 0 Å². The molecule has 2 heterocycles.